The van der Waals surface area contributed by atoms with E-state index in [2.05, 4.69) is 16.0 Å². The van der Waals surface area contributed by atoms with E-state index >= 15 is 0 Å². The maximum absolute atomic E-state index is 14.0. The molecule has 266 valence electrons. The number of amides is 4. The van der Waals surface area contributed by atoms with E-state index in [4.69, 9.17) is 14.2 Å². The van der Waals surface area contributed by atoms with Crippen LogP contribution in [-0.2, 0) is 32.1 Å². The number of nitrogens with one attached hydrogen (secondary N) is 3. The van der Waals surface area contributed by atoms with Crippen LogP contribution in [0.3, 0.4) is 0 Å². The molecular weight excluding hydrogens is 636 g/mol. The zero-order valence-corrected chi connectivity index (χ0v) is 29.0. The summed E-state index contributed by atoms with van der Waals surface area (Å²) in [5, 5.41) is 8.65. The van der Waals surface area contributed by atoms with Crippen molar-refractivity contribution in [1.82, 2.24) is 20.9 Å². The van der Waals surface area contributed by atoms with Crippen LogP contribution < -0.4 is 30.2 Å². The minimum Gasteiger partial charge on any atom is -0.497 e. The molecule has 3 aromatic carbocycles. The lowest BCUT2D eigenvalue weighted by Gasteiger charge is -2.34. The van der Waals surface area contributed by atoms with Crippen LogP contribution in [0.5, 0.6) is 17.2 Å². The average molecular weight is 685 g/mol. The molecule has 11 heteroatoms. The summed E-state index contributed by atoms with van der Waals surface area (Å²) in [6, 6.07) is 20.5. The van der Waals surface area contributed by atoms with Crippen LogP contribution >= 0.6 is 0 Å². The zero-order valence-electron chi connectivity index (χ0n) is 29.0. The van der Waals surface area contributed by atoms with Crippen LogP contribution in [-0.4, -0.2) is 74.0 Å². The van der Waals surface area contributed by atoms with E-state index in [1.54, 1.807) is 36.3 Å². The number of hydrogen-bond acceptors (Lipinski definition) is 7. The van der Waals surface area contributed by atoms with Gasteiger partial charge in [0.1, 0.15) is 29.3 Å². The molecule has 0 spiro atoms. The van der Waals surface area contributed by atoms with Crippen molar-refractivity contribution in [3.05, 3.63) is 89.5 Å². The van der Waals surface area contributed by atoms with E-state index in [1.165, 1.54) is 0 Å². The molecule has 3 aromatic rings. The molecule has 0 saturated carbocycles. The molecule has 2 aliphatic heterocycles. The Morgan fingerprint density at radius 1 is 0.980 bits per heavy atom. The first-order valence-corrected chi connectivity index (χ1v) is 17.5. The molecule has 2 aliphatic rings. The van der Waals surface area contributed by atoms with Crippen LogP contribution in [0.15, 0.2) is 72.8 Å². The highest BCUT2D eigenvalue weighted by molar-refractivity contribution is 5.95. The van der Waals surface area contributed by atoms with E-state index in [0.29, 0.717) is 44.0 Å². The molecule has 2 heterocycles. The number of hydrogen-bond donors (Lipinski definition) is 3. The van der Waals surface area contributed by atoms with Crippen LogP contribution in [0.2, 0.25) is 0 Å². The molecule has 1 saturated heterocycles. The lowest BCUT2D eigenvalue weighted by Crippen LogP contribution is -2.55. The Morgan fingerprint density at radius 2 is 1.80 bits per heavy atom. The van der Waals surface area contributed by atoms with Crippen LogP contribution in [0, 0.1) is 12.8 Å². The van der Waals surface area contributed by atoms with E-state index in [-0.39, 0.29) is 43.7 Å². The summed E-state index contributed by atoms with van der Waals surface area (Å²) in [6.45, 7) is 3.93. The van der Waals surface area contributed by atoms with E-state index in [1.807, 2.05) is 55.5 Å². The van der Waals surface area contributed by atoms with Crippen molar-refractivity contribution < 1.29 is 33.4 Å². The van der Waals surface area contributed by atoms with Gasteiger partial charge in [0.05, 0.1) is 33.2 Å². The standard InChI is InChI=1S/C39H48N4O7/c1-27-13-15-33-22-30(27)25-40-38(46)34(16-14-28-8-4-3-5-9-28)42-39(47)35(24-37(45)43-19-7-10-29(26-43)17-20-49-33)41-36(44)18-21-50-32-12-6-11-31(23-32)48-2/h3-6,8-9,11-13,15,22-23,29,34-35H,7,10,14,16-21,24-26H2,1-2H3,(H,40,46)(H,41,44)(H,42,47)/t29?,34-,35-/m0/s1. The third-order valence-corrected chi connectivity index (χ3v) is 9.31. The van der Waals surface area contributed by atoms with Crippen molar-refractivity contribution in [2.45, 2.75) is 70.5 Å². The highest BCUT2D eigenvalue weighted by Gasteiger charge is 2.32. The first-order chi connectivity index (χ1) is 24.3. The molecule has 3 N–H and O–H groups in total. The molecule has 4 amide bonds. The number of benzene rings is 3. The fraction of sp³-hybridized carbons (Fsp3) is 0.436. The highest BCUT2D eigenvalue weighted by atomic mass is 16.5. The summed E-state index contributed by atoms with van der Waals surface area (Å²) in [5.41, 5.74) is 2.95. The summed E-state index contributed by atoms with van der Waals surface area (Å²) >= 11 is 0. The van der Waals surface area contributed by atoms with Crippen molar-refractivity contribution in [3.63, 3.8) is 0 Å². The quantitative estimate of drug-likeness (QED) is 0.309. The Bertz CT molecular complexity index is 1610. The molecule has 1 fully saturated rings. The van der Waals surface area contributed by atoms with E-state index in [9.17, 15) is 19.2 Å². The van der Waals surface area contributed by atoms with Gasteiger partial charge in [0.2, 0.25) is 23.6 Å². The number of ether oxygens (including phenoxy) is 3. The SMILES string of the molecule is COc1cccc(OCCC(=O)N[C@H]2CC(=O)N3CCCC(CCOc4ccc(C)c(c4)CNC(=O)[C@H](CCc4ccccc4)NC2=O)C3)c1. The summed E-state index contributed by atoms with van der Waals surface area (Å²) in [6.07, 6.45) is 3.19. The van der Waals surface area contributed by atoms with E-state index in [0.717, 1.165) is 41.7 Å². The smallest absolute Gasteiger partial charge is 0.243 e. The normalized spacial score (nSPS) is 20.3. The van der Waals surface area contributed by atoms with Crippen LogP contribution in [0.1, 0.15) is 55.2 Å². The van der Waals surface area contributed by atoms with Gasteiger partial charge in [-0.05, 0) is 85.9 Å². The van der Waals surface area contributed by atoms with Gasteiger partial charge in [0.15, 0.2) is 0 Å². The maximum atomic E-state index is 14.0. The number of carbonyl (C=O) groups is 4. The number of rotatable bonds is 9. The molecule has 5 rings (SSSR count). The predicted molar refractivity (Wildman–Crippen MR) is 189 cm³/mol. The molecule has 1 unspecified atom stereocenters. The predicted octanol–water partition coefficient (Wildman–Crippen LogP) is 4.10. The second-order valence-corrected chi connectivity index (χ2v) is 13.0. The van der Waals surface area contributed by atoms with Crippen molar-refractivity contribution in [1.29, 1.82) is 0 Å². The molecule has 3 atom stereocenters. The second kappa shape index (κ2) is 18.1. The Hall–Kier alpha value is -5.06. The monoisotopic (exact) mass is 684 g/mol. The lowest BCUT2D eigenvalue weighted by atomic mass is 9.94. The zero-order chi connectivity index (χ0) is 35.3. The number of piperidine rings is 1. The van der Waals surface area contributed by atoms with Gasteiger partial charge in [-0.2, -0.15) is 0 Å². The summed E-state index contributed by atoms with van der Waals surface area (Å²) in [7, 11) is 1.56. The number of fused-ring (bicyclic) bond motifs is 4. The minimum atomic E-state index is -1.18. The topological polar surface area (TPSA) is 135 Å². The molecule has 4 bridgehead atoms. The van der Waals surface area contributed by atoms with Gasteiger partial charge in [-0.15, -0.1) is 0 Å². The van der Waals surface area contributed by atoms with Gasteiger partial charge < -0.3 is 35.1 Å². The van der Waals surface area contributed by atoms with Crippen LogP contribution in [0.25, 0.3) is 0 Å². The number of nitrogens with zero attached hydrogens (tertiary/aromatic N) is 1. The minimum absolute atomic E-state index is 0.0443. The molecular formula is C39H48N4O7. The summed E-state index contributed by atoms with van der Waals surface area (Å²) in [5.74, 6) is 0.537. The van der Waals surface area contributed by atoms with Gasteiger partial charge in [-0.25, -0.2) is 0 Å². The number of carbonyl (C=O) groups excluding carboxylic acids is 4. The number of methoxy groups -OCH3 is 1. The Kier molecular flexibility index (Phi) is 13.1. The Balaban J connectivity index is 1.34. The highest BCUT2D eigenvalue weighted by Crippen LogP contribution is 2.23. The van der Waals surface area contributed by atoms with Gasteiger partial charge in [-0.3, -0.25) is 19.2 Å². The van der Waals surface area contributed by atoms with Crippen molar-refractivity contribution >= 4 is 23.6 Å². The van der Waals surface area contributed by atoms with Crippen LogP contribution in [0.4, 0.5) is 0 Å². The fourth-order valence-electron chi connectivity index (χ4n) is 6.33. The Labute approximate surface area is 294 Å². The maximum Gasteiger partial charge on any atom is 0.243 e. The number of aryl methyl sites for hydroxylation is 2. The van der Waals surface area contributed by atoms with Crippen molar-refractivity contribution in [3.8, 4) is 17.2 Å². The molecule has 0 aliphatic carbocycles. The summed E-state index contributed by atoms with van der Waals surface area (Å²) < 4.78 is 17.1. The third-order valence-electron chi connectivity index (χ3n) is 9.31. The largest absolute Gasteiger partial charge is 0.497 e. The average Bonchev–Trinajstić information content (AvgIpc) is 3.13. The summed E-state index contributed by atoms with van der Waals surface area (Å²) in [4.78, 5) is 56.3. The van der Waals surface area contributed by atoms with E-state index < -0.39 is 23.9 Å². The first-order valence-electron chi connectivity index (χ1n) is 17.5. The second-order valence-electron chi connectivity index (χ2n) is 13.0. The molecule has 0 radical (unpaired) electrons. The van der Waals surface area contributed by atoms with Gasteiger partial charge >= 0.3 is 0 Å². The van der Waals surface area contributed by atoms with Gasteiger partial charge in [-0.1, -0.05) is 42.5 Å². The molecule has 11 nitrogen and oxygen atoms in total. The molecule has 50 heavy (non-hydrogen) atoms. The lowest BCUT2D eigenvalue weighted by molar-refractivity contribution is -0.138. The van der Waals surface area contributed by atoms with Gasteiger partial charge in [0.25, 0.3) is 0 Å². The third kappa shape index (κ3) is 10.7. The van der Waals surface area contributed by atoms with Crippen molar-refractivity contribution in [2.75, 3.05) is 33.4 Å². The Morgan fingerprint density at radius 3 is 2.62 bits per heavy atom. The molecule has 0 aromatic heterocycles. The first kappa shape index (κ1) is 36.2. The van der Waals surface area contributed by atoms with Crippen molar-refractivity contribution in [2.24, 2.45) is 5.92 Å². The van der Waals surface area contributed by atoms with Gasteiger partial charge in [0, 0.05) is 25.7 Å². The fourth-order valence-corrected chi connectivity index (χ4v) is 6.33.